The lowest BCUT2D eigenvalue weighted by molar-refractivity contribution is -0.388. The summed E-state index contributed by atoms with van der Waals surface area (Å²) in [4.78, 5) is 25.4. The molecule has 1 aromatic heterocycles. The number of amides is 1. The highest BCUT2D eigenvalue weighted by molar-refractivity contribution is 5.90. The van der Waals surface area contributed by atoms with Crippen LogP contribution in [-0.4, -0.2) is 52.0 Å². The third-order valence-electron chi connectivity index (χ3n) is 4.13. The fraction of sp³-hybridized carbons (Fsp3) is 0.375. The van der Waals surface area contributed by atoms with Crippen LogP contribution in [0.4, 0.5) is 39.5 Å². The number of alkyl halides is 9. The van der Waals surface area contributed by atoms with Crippen molar-refractivity contribution < 1.29 is 54.2 Å². The average Bonchev–Trinajstić information content (AvgIpc) is 3.02. The number of hydrogen-bond acceptors (Lipinski definition) is 2. The number of halogens is 9. The smallest absolute Gasteiger partial charge is 0.460 e. The third-order valence-corrected chi connectivity index (χ3v) is 4.13. The summed E-state index contributed by atoms with van der Waals surface area (Å²) in [6.45, 7) is 0. The van der Waals surface area contributed by atoms with Crippen LogP contribution in [0.3, 0.4) is 0 Å². The maximum absolute atomic E-state index is 13.6. The lowest BCUT2D eigenvalue weighted by Gasteiger charge is -2.33. The van der Waals surface area contributed by atoms with E-state index in [1.807, 2.05) is 0 Å². The Balaban J connectivity index is 2.30. The van der Waals surface area contributed by atoms with Crippen LogP contribution in [0, 0.1) is 0 Å². The predicted molar refractivity (Wildman–Crippen MR) is 82.5 cm³/mol. The van der Waals surface area contributed by atoms with E-state index in [0.717, 1.165) is 5.32 Å². The molecule has 2 aromatic rings. The molecule has 3 N–H and O–H groups in total. The molecule has 0 aliphatic carbocycles. The van der Waals surface area contributed by atoms with Gasteiger partial charge in [0.2, 0.25) is 0 Å². The molecule has 0 fully saturated rings. The summed E-state index contributed by atoms with van der Waals surface area (Å²) in [6, 6.07) is 3.78. The summed E-state index contributed by atoms with van der Waals surface area (Å²) >= 11 is 0. The predicted octanol–water partition coefficient (Wildman–Crippen LogP) is 3.75. The fourth-order valence-electron chi connectivity index (χ4n) is 2.49. The zero-order valence-electron chi connectivity index (χ0n) is 14.3. The second kappa shape index (κ2) is 7.40. The van der Waals surface area contributed by atoms with Crippen LogP contribution in [0.1, 0.15) is 5.56 Å². The molecule has 1 atom stereocenters. The number of hydrogen-bond donors (Lipinski definition) is 3. The van der Waals surface area contributed by atoms with Gasteiger partial charge in [-0.3, -0.25) is 4.79 Å². The van der Waals surface area contributed by atoms with Crippen LogP contribution < -0.4 is 5.32 Å². The van der Waals surface area contributed by atoms with Gasteiger partial charge >= 0.3 is 29.9 Å². The molecule has 0 aliphatic rings. The quantitative estimate of drug-likeness (QED) is 0.563. The van der Waals surface area contributed by atoms with Crippen LogP contribution in [0.2, 0.25) is 0 Å². The summed E-state index contributed by atoms with van der Waals surface area (Å²) in [5, 5.41) is 10.3. The van der Waals surface area contributed by atoms with Crippen molar-refractivity contribution in [3.8, 4) is 0 Å². The van der Waals surface area contributed by atoms with Crippen molar-refractivity contribution in [1.82, 2.24) is 10.3 Å². The number of carbonyl (C=O) groups excluding carboxylic acids is 1. The Morgan fingerprint density at radius 1 is 0.967 bits per heavy atom. The van der Waals surface area contributed by atoms with Gasteiger partial charge in [0.1, 0.15) is 6.04 Å². The van der Waals surface area contributed by atoms with Crippen LogP contribution in [0.5, 0.6) is 0 Å². The number of aromatic nitrogens is 1. The first-order chi connectivity index (χ1) is 13.5. The molecular formula is C16H11F9N2O3. The van der Waals surface area contributed by atoms with Gasteiger partial charge in [-0.1, -0.05) is 18.2 Å². The molecule has 166 valence electrons. The molecular weight excluding hydrogens is 439 g/mol. The number of aliphatic carboxylic acids is 1. The Labute approximate surface area is 160 Å². The van der Waals surface area contributed by atoms with Gasteiger partial charge < -0.3 is 15.4 Å². The monoisotopic (exact) mass is 450 g/mol. The lowest BCUT2D eigenvalue weighted by atomic mass is 10.0. The molecule has 1 aromatic carbocycles. The average molecular weight is 450 g/mol. The highest BCUT2D eigenvalue weighted by Crippen LogP contribution is 2.53. The second-order valence-electron chi connectivity index (χ2n) is 6.15. The molecule has 14 heteroatoms. The number of benzene rings is 1. The van der Waals surface area contributed by atoms with Crippen molar-refractivity contribution in [2.24, 2.45) is 0 Å². The van der Waals surface area contributed by atoms with E-state index in [2.05, 4.69) is 4.98 Å². The van der Waals surface area contributed by atoms with E-state index in [0.29, 0.717) is 10.9 Å². The van der Waals surface area contributed by atoms with Crippen LogP contribution in [0.25, 0.3) is 10.9 Å². The first-order valence-corrected chi connectivity index (χ1v) is 7.83. The largest absolute Gasteiger partial charge is 0.480 e. The minimum absolute atomic E-state index is 0.119. The SMILES string of the molecule is O=C(O)C(Cc1c[nH]c2ccccc12)NC(=O)C(F)(F)C(F)(F)C(F)(F)C(F)(F)F. The molecule has 0 spiro atoms. The lowest BCUT2D eigenvalue weighted by Crippen LogP contribution is -2.66. The highest BCUT2D eigenvalue weighted by atomic mass is 19.4. The Bertz CT molecular complexity index is 953. The van der Waals surface area contributed by atoms with E-state index in [1.165, 1.54) is 18.3 Å². The number of para-hydroxylation sites is 1. The Kier molecular flexibility index (Phi) is 5.76. The van der Waals surface area contributed by atoms with Gasteiger partial charge in [-0.15, -0.1) is 0 Å². The van der Waals surface area contributed by atoms with Gasteiger partial charge in [-0.05, 0) is 11.6 Å². The summed E-state index contributed by atoms with van der Waals surface area (Å²) in [6.07, 6.45) is -6.64. The Hall–Kier alpha value is -2.93. The van der Waals surface area contributed by atoms with Crippen LogP contribution in [-0.2, 0) is 16.0 Å². The van der Waals surface area contributed by atoms with Crippen molar-refractivity contribution in [3.63, 3.8) is 0 Å². The van der Waals surface area contributed by atoms with Crippen molar-refractivity contribution in [2.75, 3.05) is 0 Å². The molecule has 30 heavy (non-hydrogen) atoms. The molecule has 1 unspecified atom stereocenters. The maximum Gasteiger partial charge on any atom is 0.460 e. The standard InChI is InChI=1S/C16H11F9N2O3/c17-13(18,14(19,20)15(21,22)16(23,24)25)12(30)27-10(11(28)29)5-7-6-26-9-4-2-1-3-8(7)9/h1-4,6,10,26H,5H2,(H,27,30)(H,28,29). The topological polar surface area (TPSA) is 82.2 Å². The van der Waals surface area contributed by atoms with Crippen molar-refractivity contribution in [1.29, 1.82) is 0 Å². The molecule has 2 rings (SSSR count). The van der Waals surface area contributed by atoms with Crippen molar-refractivity contribution in [2.45, 2.75) is 36.4 Å². The number of fused-ring (bicyclic) bond motifs is 1. The summed E-state index contributed by atoms with van der Waals surface area (Å²) < 4.78 is 116. The Morgan fingerprint density at radius 3 is 2.07 bits per heavy atom. The van der Waals surface area contributed by atoms with Crippen LogP contribution >= 0.6 is 0 Å². The van der Waals surface area contributed by atoms with E-state index in [1.54, 1.807) is 12.1 Å². The number of carbonyl (C=O) groups is 2. The van der Waals surface area contributed by atoms with Crippen LogP contribution in [0.15, 0.2) is 30.5 Å². The molecule has 0 saturated carbocycles. The molecule has 0 radical (unpaired) electrons. The first-order valence-electron chi connectivity index (χ1n) is 7.83. The van der Waals surface area contributed by atoms with Crippen molar-refractivity contribution in [3.05, 3.63) is 36.0 Å². The van der Waals surface area contributed by atoms with Gasteiger partial charge in [0.15, 0.2) is 0 Å². The summed E-state index contributed by atoms with van der Waals surface area (Å²) in [5.41, 5.74) is 0.582. The molecule has 0 aliphatic heterocycles. The molecule has 1 heterocycles. The Morgan fingerprint density at radius 2 is 1.53 bits per heavy atom. The first kappa shape index (κ1) is 23.3. The van der Waals surface area contributed by atoms with E-state index >= 15 is 0 Å². The number of aromatic amines is 1. The molecule has 0 saturated heterocycles. The highest BCUT2D eigenvalue weighted by Gasteiger charge is 2.83. The van der Waals surface area contributed by atoms with Gasteiger partial charge in [-0.2, -0.15) is 39.5 Å². The fourth-order valence-corrected chi connectivity index (χ4v) is 2.49. The summed E-state index contributed by atoms with van der Waals surface area (Å²) in [5.74, 6) is -26.4. The third kappa shape index (κ3) is 3.77. The van der Waals surface area contributed by atoms with E-state index in [9.17, 15) is 49.1 Å². The molecule has 1 amide bonds. The van der Waals surface area contributed by atoms with Gasteiger partial charge in [-0.25, -0.2) is 4.79 Å². The number of carboxylic acids is 1. The van der Waals surface area contributed by atoms with Gasteiger partial charge in [0.05, 0.1) is 0 Å². The number of carboxylic acid groups (broad SMARTS) is 1. The second-order valence-corrected chi connectivity index (χ2v) is 6.15. The minimum Gasteiger partial charge on any atom is -0.480 e. The molecule has 5 nitrogen and oxygen atoms in total. The minimum atomic E-state index is -7.27. The number of nitrogens with one attached hydrogen (secondary N) is 2. The van der Waals surface area contributed by atoms with Crippen molar-refractivity contribution >= 4 is 22.8 Å². The zero-order valence-corrected chi connectivity index (χ0v) is 14.3. The van der Waals surface area contributed by atoms with Gasteiger partial charge in [0, 0.05) is 23.5 Å². The zero-order chi connectivity index (χ0) is 23.1. The summed E-state index contributed by atoms with van der Waals surface area (Å²) in [7, 11) is 0. The normalized spacial score (nSPS) is 14.6. The van der Waals surface area contributed by atoms with E-state index < -0.39 is 48.3 Å². The molecule has 0 bridgehead atoms. The number of rotatable bonds is 7. The van der Waals surface area contributed by atoms with E-state index in [4.69, 9.17) is 5.11 Å². The maximum atomic E-state index is 13.6. The van der Waals surface area contributed by atoms with E-state index in [-0.39, 0.29) is 5.56 Å². The number of H-pyrrole nitrogens is 1. The van der Waals surface area contributed by atoms with Gasteiger partial charge in [0.25, 0.3) is 5.91 Å².